The maximum atomic E-state index is 13.1. The van der Waals surface area contributed by atoms with E-state index in [0.717, 1.165) is 30.6 Å². The van der Waals surface area contributed by atoms with Gasteiger partial charge in [0.2, 0.25) is 24.5 Å². The second kappa shape index (κ2) is 9.34. The molecular formula is C25H28N4O5. The fourth-order valence-electron chi connectivity index (χ4n) is 4.87. The zero-order valence-electron chi connectivity index (χ0n) is 18.9. The van der Waals surface area contributed by atoms with Crippen LogP contribution in [-0.2, 0) is 20.9 Å². The average molecular weight is 465 g/mol. The number of piperidine rings is 1. The highest BCUT2D eigenvalue weighted by Gasteiger charge is 2.36. The minimum atomic E-state index is -0.458. The fraction of sp³-hybridized carbons (Fsp3) is 0.400. The number of nitrogens with zero attached hydrogens (tertiary/aromatic N) is 2. The second-order valence-electron chi connectivity index (χ2n) is 9.07. The maximum Gasteiger partial charge on any atom is 0.231 e. The number of anilines is 2. The molecule has 0 spiro atoms. The monoisotopic (exact) mass is 464 g/mol. The minimum Gasteiger partial charge on any atom is -0.454 e. The summed E-state index contributed by atoms with van der Waals surface area (Å²) in [6, 6.07) is 13.0. The van der Waals surface area contributed by atoms with Crippen LogP contribution in [0.15, 0.2) is 42.5 Å². The number of ether oxygens (including phenoxy) is 2. The van der Waals surface area contributed by atoms with Crippen LogP contribution in [0.4, 0.5) is 11.4 Å². The summed E-state index contributed by atoms with van der Waals surface area (Å²) in [5.41, 5.74) is 7.90. The van der Waals surface area contributed by atoms with E-state index in [0.29, 0.717) is 36.8 Å². The number of benzene rings is 2. The minimum absolute atomic E-state index is 0.0990. The van der Waals surface area contributed by atoms with Crippen molar-refractivity contribution in [1.29, 1.82) is 0 Å². The van der Waals surface area contributed by atoms with Crippen LogP contribution in [0.1, 0.15) is 24.8 Å². The zero-order valence-corrected chi connectivity index (χ0v) is 18.9. The normalized spacial score (nSPS) is 22.1. The van der Waals surface area contributed by atoms with E-state index in [4.69, 9.17) is 15.2 Å². The van der Waals surface area contributed by atoms with Gasteiger partial charge < -0.3 is 25.4 Å². The number of fused-ring (bicyclic) bond motifs is 1. The summed E-state index contributed by atoms with van der Waals surface area (Å²) >= 11 is 0. The molecule has 3 N–H and O–H groups in total. The van der Waals surface area contributed by atoms with Crippen molar-refractivity contribution < 1.29 is 23.9 Å². The lowest BCUT2D eigenvalue weighted by atomic mass is 9.97. The van der Waals surface area contributed by atoms with E-state index < -0.39 is 5.92 Å². The third-order valence-electron chi connectivity index (χ3n) is 6.74. The summed E-state index contributed by atoms with van der Waals surface area (Å²) in [7, 11) is 0. The van der Waals surface area contributed by atoms with Gasteiger partial charge in [-0.3, -0.25) is 19.3 Å². The van der Waals surface area contributed by atoms with Gasteiger partial charge in [0.15, 0.2) is 11.5 Å². The van der Waals surface area contributed by atoms with Gasteiger partial charge >= 0.3 is 0 Å². The molecule has 3 aliphatic heterocycles. The van der Waals surface area contributed by atoms with E-state index in [1.165, 1.54) is 0 Å². The number of primary amides is 1. The first-order valence-corrected chi connectivity index (χ1v) is 11.6. The summed E-state index contributed by atoms with van der Waals surface area (Å²) in [5.74, 6) is 0.114. The Labute approximate surface area is 197 Å². The largest absolute Gasteiger partial charge is 0.454 e. The lowest BCUT2D eigenvalue weighted by Crippen LogP contribution is -2.40. The van der Waals surface area contributed by atoms with E-state index in [9.17, 15) is 14.4 Å². The van der Waals surface area contributed by atoms with Gasteiger partial charge in [-0.25, -0.2) is 0 Å². The van der Waals surface area contributed by atoms with Crippen molar-refractivity contribution in [2.45, 2.75) is 25.8 Å². The number of para-hydroxylation sites is 1. The Bertz CT molecular complexity index is 1120. The molecule has 5 rings (SSSR count). The van der Waals surface area contributed by atoms with E-state index >= 15 is 0 Å². The Hall–Kier alpha value is -3.59. The van der Waals surface area contributed by atoms with Gasteiger partial charge in [0.05, 0.1) is 11.8 Å². The van der Waals surface area contributed by atoms with Crippen molar-refractivity contribution in [3.8, 4) is 11.5 Å². The van der Waals surface area contributed by atoms with Crippen molar-refractivity contribution >= 4 is 29.1 Å². The van der Waals surface area contributed by atoms with E-state index in [1.54, 1.807) is 23.1 Å². The molecule has 34 heavy (non-hydrogen) atoms. The van der Waals surface area contributed by atoms with Gasteiger partial charge in [-0.2, -0.15) is 0 Å². The molecule has 0 bridgehead atoms. The molecule has 178 valence electrons. The zero-order chi connectivity index (χ0) is 23.7. The molecule has 3 aliphatic rings. The SMILES string of the molecule is NC(=O)C1CCCN(Cc2ccccc2NC(=O)C2CC(=O)N(c3ccc4c(c3)OCO4)C2)C1. The maximum absolute atomic E-state index is 13.1. The van der Waals surface area contributed by atoms with Gasteiger partial charge in [-0.15, -0.1) is 0 Å². The van der Waals surface area contributed by atoms with E-state index in [-0.39, 0.29) is 36.9 Å². The summed E-state index contributed by atoms with van der Waals surface area (Å²) in [6.45, 7) is 2.59. The van der Waals surface area contributed by atoms with Crippen LogP contribution in [0.2, 0.25) is 0 Å². The van der Waals surface area contributed by atoms with Gasteiger partial charge in [-0.1, -0.05) is 18.2 Å². The summed E-state index contributed by atoms with van der Waals surface area (Å²) in [4.78, 5) is 41.2. The first kappa shape index (κ1) is 22.2. The quantitative estimate of drug-likeness (QED) is 0.677. The molecule has 2 saturated heterocycles. The number of likely N-dealkylation sites (tertiary alicyclic amines) is 1. The highest BCUT2D eigenvalue weighted by atomic mass is 16.7. The molecule has 2 aromatic rings. The number of hydrogen-bond donors (Lipinski definition) is 2. The van der Waals surface area contributed by atoms with Crippen molar-refractivity contribution in [2.75, 3.05) is 36.6 Å². The smallest absolute Gasteiger partial charge is 0.231 e. The summed E-state index contributed by atoms with van der Waals surface area (Å²) in [5, 5.41) is 3.03. The summed E-state index contributed by atoms with van der Waals surface area (Å²) < 4.78 is 10.7. The van der Waals surface area contributed by atoms with Crippen LogP contribution in [0.3, 0.4) is 0 Å². The number of carbonyl (C=O) groups excluding carboxylic acids is 3. The van der Waals surface area contributed by atoms with Crippen molar-refractivity contribution in [2.24, 2.45) is 17.6 Å². The molecule has 0 aliphatic carbocycles. The number of hydrogen-bond acceptors (Lipinski definition) is 6. The Morgan fingerprint density at radius 3 is 2.74 bits per heavy atom. The topological polar surface area (TPSA) is 114 Å². The van der Waals surface area contributed by atoms with Crippen molar-refractivity contribution in [1.82, 2.24) is 4.90 Å². The molecule has 0 saturated carbocycles. The van der Waals surface area contributed by atoms with Crippen LogP contribution in [0, 0.1) is 11.8 Å². The highest BCUT2D eigenvalue weighted by Crippen LogP contribution is 2.37. The highest BCUT2D eigenvalue weighted by molar-refractivity contribution is 6.03. The average Bonchev–Trinajstić information content (AvgIpc) is 3.46. The number of rotatable bonds is 6. The molecule has 3 heterocycles. The van der Waals surface area contributed by atoms with Gasteiger partial charge in [-0.05, 0) is 43.1 Å². The molecule has 2 unspecified atom stereocenters. The fourth-order valence-corrected chi connectivity index (χ4v) is 4.87. The van der Waals surface area contributed by atoms with E-state index in [2.05, 4.69) is 10.2 Å². The van der Waals surface area contributed by atoms with Crippen LogP contribution < -0.4 is 25.4 Å². The third-order valence-corrected chi connectivity index (χ3v) is 6.74. The van der Waals surface area contributed by atoms with Gasteiger partial charge in [0, 0.05) is 43.5 Å². The van der Waals surface area contributed by atoms with Crippen LogP contribution in [-0.4, -0.2) is 49.0 Å². The molecular weight excluding hydrogens is 436 g/mol. The molecule has 2 atom stereocenters. The molecule has 0 radical (unpaired) electrons. The van der Waals surface area contributed by atoms with Gasteiger partial charge in [0.25, 0.3) is 0 Å². The van der Waals surface area contributed by atoms with Gasteiger partial charge in [0.1, 0.15) is 0 Å². The molecule has 3 amide bonds. The number of carbonyl (C=O) groups is 3. The molecule has 2 aromatic carbocycles. The molecule has 9 nitrogen and oxygen atoms in total. The van der Waals surface area contributed by atoms with Crippen molar-refractivity contribution in [3.05, 3.63) is 48.0 Å². The first-order valence-electron chi connectivity index (χ1n) is 11.6. The van der Waals surface area contributed by atoms with Crippen molar-refractivity contribution in [3.63, 3.8) is 0 Å². The second-order valence-corrected chi connectivity index (χ2v) is 9.07. The van der Waals surface area contributed by atoms with Crippen LogP contribution in [0.5, 0.6) is 11.5 Å². The molecule has 9 heteroatoms. The van der Waals surface area contributed by atoms with E-state index in [1.807, 2.05) is 24.3 Å². The third kappa shape index (κ3) is 4.56. The number of nitrogens with one attached hydrogen (secondary N) is 1. The lowest BCUT2D eigenvalue weighted by molar-refractivity contribution is -0.123. The Morgan fingerprint density at radius 1 is 1.06 bits per heavy atom. The van der Waals surface area contributed by atoms with Crippen LogP contribution in [0.25, 0.3) is 0 Å². The van der Waals surface area contributed by atoms with Crippen LogP contribution >= 0.6 is 0 Å². The standard InChI is InChI=1S/C25H28N4O5/c26-24(31)17-5-3-9-28(13-17)12-16-4-1-2-6-20(16)27-25(32)18-10-23(30)29(14-18)19-7-8-21-22(11-19)34-15-33-21/h1-2,4,6-8,11,17-18H,3,5,9-10,12-15H2,(H2,26,31)(H,27,32). The summed E-state index contributed by atoms with van der Waals surface area (Å²) in [6.07, 6.45) is 1.89. The molecule has 2 fully saturated rings. The Morgan fingerprint density at radius 2 is 1.88 bits per heavy atom. The molecule has 0 aromatic heterocycles. The predicted molar refractivity (Wildman–Crippen MR) is 125 cm³/mol. The Balaban J connectivity index is 1.24. The number of amides is 3. The number of nitrogens with two attached hydrogens (primary N) is 1. The first-order chi connectivity index (χ1) is 16.5. The predicted octanol–water partition coefficient (Wildman–Crippen LogP) is 2.10. The lowest BCUT2D eigenvalue weighted by Gasteiger charge is -2.31. The Kier molecular flexibility index (Phi) is 6.10.